The second-order valence-corrected chi connectivity index (χ2v) is 6.87. The third-order valence-electron chi connectivity index (χ3n) is 2.00. The maximum Gasteiger partial charge on any atom is 0.157 e. The fourth-order valence-electron chi connectivity index (χ4n) is 2.07. The van der Waals surface area contributed by atoms with Gasteiger partial charge in [-0.3, -0.25) is 4.99 Å². The van der Waals surface area contributed by atoms with Crippen molar-refractivity contribution in [3.05, 3.63) is 0 Å². The van der Waals surface area contributed by atoms with E-state index >= 15 is 0 Å². The number of nitrogens with one attached hydrogen (secondary N) is 1. The number of hydrogen-bond donors (Lipinski definition) is 1. The average Bonchev–Trinajstić information content (AvgIpc) is 2.31. The molecule has 0 unspecified atom stereocenters. The number of amidine groups is 1. The summed E-state index contributed by atoms with van der Waals surface area (Å²) in [4.78, 5) is 4.42. The summed E-state index contributed by atoms with van der Waals surface area (Å²) in [5.74, 6) is 1.13. The first-order chi connectivity index (χ1) is 6.29. The maximum absolute atomic E-state index is 4.42. The van der Waals surface area contributed by atoms with Gasteiger partial charge < -0.3 is 5.32 Å². The van der Waals surface area contributed by atoms with Gasteiger partial charge in [0.2, 0.25) is 0 Å². The van der Waals surface area contributed by atoms with Crippen molar-refractivity contribution in [3.8, 4) is 0 Å². The lowest BCUT2D eigenvalue weighted by Gasteiger charge is -2.33. The van der Waals surface area contributed by atoms with Crippen LogP contribution in [-0.2, 0) is 0 Å². The maximum atomic E-state index is 4.42. The predicted octanol–water partition coefficient (Wildman–Crippen LogP) is 2.89. The van der Waals surface area contributed by atoms with Crippen molar-refractivity contribution in [2.75, 3.05) is 12.3 Å². The van der Waals surface area contributed by atoms with E-state index in [9.17, 15) is 0 Å². The molecule has 14 heavy (non-hydrogen) atoms. The minimum Gasteiger partial charge on any atom is -0.360 e. The Balaban J connectivity index is 2.48. The van der Waals surface area contributed by atoms with Crippen LogP contribution in [0.2, 0.25) is 0 Å². The molecule has 0 spiro atoms. The van der Waals surface area contributed by atoms with E-state index in [-0.39, 0.29) is 5.54 Å². The highest BCUT2D eigenvalue weighted by atomic mass is 32.2. The number of thioether (sulfide) groups is 1. The number of hydrogen-bond acceptors (Lipinski definition) is 3. The van der Waals surface area contributed by atoms with Crippen LogP contribution in [0.4, 0.5) is 0 Å². The molecule has 1 rings (SSSR count). The van der Waals surface area contributed by atoms with Gasteiger partial charge in [0, 0.05) is 11.3 Å². The molecule has 1 aliphatic rings. The summed E-state index contributed by atoms with van der Waals surface area (Å²) < 4.78 is 0. The Labute approximate surface area is 92.0 Å². The van der Waals surface area contributed by atoms with Gasteiger partial charge in [0.1, 0.15) is 0 Å². The largest absolute Gasteiger partial charge is 0.360 e. The molecule has 0 aromatic heterocycles. The first-order valence-corrected chi connectivity index (χ1v) is 6.23. The summed E-state index contributed by atoms with van der Waals surface area (Å²) in [6.45, 7) is 12.3. The molecule has 0 radical (unpaired) electrons. The van der Waals surface area contributed by atoms with Crippen molar-refractivity contribution in [2.24, 2.45) is 10.4 Å². The van der Waals surface area contributed by atoms with Crippen molar-refractivity contribution in [3.63, 3.8) is 0 Å². The van der Waals surface area contributed by atoms with Crippen molar-refractivity contribution in [1.29, 1.82) is 0 Å². The molecule has 0 atom stereocenters. The van der Waals surface area contributed by atoms with E-state index in [0.29, 0.717) is 5.41 Å². The van der Waals surface area contributed by atoms with Gasteiger partial charge in [-0.05, 0) is 25.7 Å². The van der Waals surface area contributed by atoms with E-state index in [1.807, 2.05) is 11.8 Å². The minimum absolute atomic E-state index is 0.147. The fraction of sp³-hybridized carbons (Fsp3) is 0.909. The van der Waals surface area contributed by atoms with E-state index < -0.39 is 0 Å². The third kappa shape index (κ3) is 4.36. The Morgan fingerprint density at radius 3 is 2.36 bits per heavy atom. The fourth-order valence-corrected chi connectivity index (χ4v) is 2.98. The van der Waals surface area contributed by atoms with Crippen LogP contribution in [0, 0.1) is 5.41 Å². The van der Waals surface area contributed by atoms with Crippen molar-refractivity contribution in [2.45, 2.75) is 46.6 Å². The first kappa shape index (κ1) is 11.9. The number of aliphatic imine (C=N–C) groups is 1. The average molecular weight is 214 g/mol. The Morgan fingerprint density at radius 2 is 1.93 bits per heavy atom. The van der Waals surface area contributed by atoms with Crippen molar-refractivity contribution >= 4 is 16.9 Å². The molecule has 0 bridgehead atoms. The van der Waals surface area contributed by atoms with Gasteiger partial charge >= 0.3 is 0 Å². The van der Waals surface area contributed by atoms with Crippen LogP contribution in [0.1, 0.15) is 41.0 Å². The van der Waals surface area contributed by atoms with Gasteiger partial charge in [-0.2, -0.15) is 0 Å². The minimum atomic E-state index is 0.147. The zero-order valence-electron chi connectivity index (χ0n) is 9.98. The Bertz CT molecular complexity index is 226. The molecule has 0 aromatic rings. The molecule has 0 fully saturated rings. The van der Waals surface area contributed by atoms with E-state index in [1.54, 1.807) is 0 Å². The highest BCUT2D eigenvalue weighted by molar-refractivity contribution is 8.14. The predicted molar refractivity (Wildman–Crippen MR) is 66.0 cm³/mol. The van der Waals surface area contributed by atoms with Crippen LogP contribution in [-0.4, -0.2) is 23.0 Å². The SMILES string of the molecule is CC(C)(C)CC(C)(C)NC1=NCCS1. The number of nitrogens with zero attached hydrogens (tertiary/aromatic N) is 1. The lowest BCUT2D eigenvalue weighted by atomic mass is 9.82. The summed E-state index contributed by atoms with van der Waals surface area (Å²) >= 11 is 1.83. The molecule has 3 heteroatoms. The van der Waals surface area contributed by atoms with Gasteiger partial charge in [0.15, 0.2) is 5.17 Å². The zero-order chi connectivity index (χ0) is 10.8. The quantitative estimate of drug-likeness (QED) is 0.764. The van der Waals surface area contributed by atoms with E-state index in [1.165, 1.54) is 0 Å². The van der Waals surface area contributed by atoms with E-state index in [2.05, 4.69) is 44.9 Å². The molecule has 0 saturated heterocycles. The molecule has 0 amide bonds. The highest BCUT2D eigenvalue weighted by Gasteiger charge is 2.26. The summed E-state index contributed by atoms with van der Waals surface area (Å²) in [6.07, 6.45) is 1.15. The Kier molecular flexibility index (Phi) is 3.51. The second kappa shape index (κ2) is 4.13. The molecule has 0 saturated carbocycles. The Hall–Kier alpha value is -0.180. The zero-order valence-corrected chi connectivity index (χ0v) is 10.8. The lowest BCUT2D eigenvalue weighted by Crippen LogP contribution is -2.44. The van der Waals surface area contributed by atoms with Crippen LogP contribution in [0.5, 0.6) is 0 Å². The molecule has 1 N–H and O–H groups in total. The molecule has 2 nitrogen and oxygen atoms in total. The van der Waals surface area contributed by atoms with E-state index in [4.69, 9.17) is 0 Å². The summed E-state index contributed by atoms with van der Waals surface area (Å²) in [5, 5.41) is 4.65. The first-order valence-electron chi connectivity index (χ1n) is 5.24. The molecular weight excluding hydrogens is 192 g/mol. The molecular formula is C11H22N2S. The summed E-state index contributed by atoms with van der Waals surface area (Å²) in [6, 6.07) is 0. The van der Waals surface area contributed by atoms with Crippen LogP contribution in [0.15, 0.2) is 4.99 Å². The van der Waals surface area contributed by atoms with Gasteiger partial charge in [0.05, 0.1) is 6.54 Å². The Morgan fingerprint density at radius 1 is 1.29 bits per heavy atom. The van der Waals surface area contributed by atoms with E-state index in [0.717, 1.165) is 23.9 Å². The molecule has 1 aliphatic heterocycles. The lowest BCUT2D eigenvalue weighted by molar-refractivity contribution is 0.268. The molecule has 1 heterocycles. The van der Waals surface area contributed by atoms with Crippen LogP contribution >= 0.6 is 11.8 Å². The smallest absolute Gasteiger partial charge is 0.157 e. The van der Waals surface area contributed by atoms with Gasteiger partial charge in [0.25, 0.3) is 0 Å². The van der Waals surface area contributed by atoms with Crippen LogP contribution < -0.4 is 5.32 Å². The topological polar surface area (TPSA) is 24.4 Å². The summed E-state index contributed by atoms with van der Waals surface area (Å²) in [5.41, 5.74) is 0.509. The van der Waals surface area contributed by atoms with Crippen molar-refractivity contribution < 1.29 is 0 Å². The van der Waals surface area contributed by atoms with Crippen LogP contribution in [0.25, 0.3) is 0 Å². The number of rotatable bonds is 2. The molecule has 82 valence electrons. The highest BCUT2D eigenvalue weighted by Crippen LogP contribution is 2.27. The normalized spacial score (nSPS) is 18.2. The van der Waals surface area contributed by atoms with Gasteiger partial charge in [-0.15, -0.1) is 0 Å². The molecule has 0 aromatic carbocycles. The monoisotopic (exact) mass is 214 g/mol. The van der Waals surface area contributed by atoms with Gasteiger partial charge in [-0.1, -0.05) is 32.5 Å². The standard InChI is InChI=1S/C11H22N2S/c1-10(2,3)8-11(4,5)13-9-12-6-7-14-9/h6-8H2,1-5H3,(H,12,13). The second-order valence-electron chi connectivity index (χ2n) is 5.78. The van der Waals surface area contributed by atoms with Gasteiger partial charge in [-0.25, -0.2) is 0 Å². The van der Waals surface area contributed by atoms with Crippen LogP contribution in [0.3, 0.4) is 0 Å². The third-order valence-corrected chi connectivity index (χ3v) is 2.89. The summed E-state index contributed by atoms with van der Waals surface area (Å²) in [7, 11) is 0. The van der Waals surface area contributed by atoms with Crippen molar-refractivity contribution in [1.82, 2.24) is 5.32 Å². The molecule has 0 aliphatic carbocycles.